The molecule has 0 radical (unpaired) electrons. The molecule has 7 heteroatoms. The molecule has 0 saturated carbocycles. The Labute approximate surface area is 160 Å². The van der Waals surface area contributed by atoms with Gasteiger partial charge in [-0.15, -0.1) is 0 Å². The molecular formula is C21H17N3O4. The number of ether oxygens (including phenoxy) is 1. The Morgan fingerprint density at radius 1 is 1.07 bits per heavy atom. The van der Waals surface area contributed by atoms with E-state index in [0.29, 0.717) is 11.3 Å². The standard InChI is InChI=1S/C21H17N3O4/c25-20(26)19-16-9-24(10-18(16)22-23-19)21(27)28-11-17-14-7-3-1-5-12(14)13-6-2-4-8-15(13)17/h1-8,17H,9-11H2,(H,22,23)(H,25,26). The number of carbonyl (C=O) groups excluding carboxylic acids is 1. The van der Waals surface area contributed by atoms with E-state index in [1.165, 1.54) is 16.0 Å². The molecule has 1 aliphatic carbocycles. The van der Waals surface area contributed by atoms with Crippen molar-refractivity contribution in [1.82, 2.24) is 15.1 Å². The number of carboxylic acid groups (broad SMARTS) is 1. The monoisotopic (exact) mass is 375 g/mol. The number of rotatable bonds is 3. The number of aromatic carboxylic acids is 1. The van der Waals surface area contributed by atoms with E-state index < -0.39 is 12.1 Å². The maximum absolute atomic E-state index is 12.6. The summed E-state index contributed by atoms with van der Waals surface area (Å²) in [6.45, 7) is 0.692. The molecular weight excluding hydrogens is 358 g/mol. The highest BCUT2D eigenvalue weighted by molar-refractivity contribution is 5.88. The largest absolute Gasteiger partial charge is 0.476 e. The van der Waals surface area contributed by atoms with Crippen LogP contribution in [0.25, 0.3) is 11.1 Å². The van der Waals surface area contributed by atoms with Crippen LogP contribution in [0.2, 0.25) is 0 Å². The Morgan fingerprint density at radius 2 is 1.71 bits per heavy atom. The number of benzene rings is 2. The average Bonchev–Trinajstić information content (AvgIpc) is 3.37. The van der Waals surface area contributed by atoms with E-state index in [2.05, 4.69) is 34.5 Å². The van der Waals surface area contributed by atoms with E-state index in [1.807, 2.05) is 24.3 Å². The number of hydrogen-bond donors (Lipinski definition) is 2. The van der Waals surface area contributed by atoms with Gasteiger partial charge in [0.25, 0.3) is 0 Å². The van der Waals surface area contributed by atoms with Crippen molar-refractivity contribution in [2.24, 2.45) is 0 Å². The second kappa shape index (κ2) is 6.23. The molecule has 0 fully saturated rings. The van der Waals surface area contributed by atoms with E-state index in [1.54, 1.807) is 0 Å². The van der Waals surface area contributed by atoms with Crippen molar-refractivity contribution in [3.05, 3.63) is 76.6 Å². The van der Waals surface area contributed by atoms with Crippen LogP contribution in [-0.2, 0) is 17.8 Å². The Hall–Kier alpha value is -3.61. The lowest BCUT2D eigenvalue weighted by Crippen LogP contribution is -2.28. The number of aromatic amines is 1. The average molecular weight is 375 g/mol. The minimum absolute atomic E-state index is 0.00646. The first-order chi connectivity index (χ1) is 13.6. The predicted molar refractivity (Wildman–Crippen MR) is 99.9 cm³/mol. The number of nitrogens with one attached hydrogen (secondary N) is 1. The van der Waals surface area contributed by atoms with Crippen LogP contribution in [-0.4, -0.2) is 38.9 Å². The van der Waals surface area contributed by atoms with Gasteiger partial charge in [-0.25, -0.2) is 9.59 Å². The molecule has 1 aromatic heterocycles. The zero-order valence-electron chi connectivity index (χ0n) is 14.9. The first-order valence-electron chi connectivity index (χ1n) is 9.03. The lowest BCUT2D eigenvalue weighted by molar-refractivity contribution is 0.0685. The summed E-state index contributed by atoms with van der Waals surface area (Å²) in [5.41, 5.74) is 5.80. The first-order valence-corrected chi connectivity index (χ1v) is 9.03. The van der Waals surface area contributed by atoms with Crippen molar-refractivity contribution in [3.8, 4) is 11.1 Å². The summed E-state index contributed by atoms with van der Waals surface area (Å²) in [6, 6.07) is 16.3. The lowest BCUT2D eigenvalue weighted by atomic mass is 9.98. The van der Waals surface area contributed by atoms with Gasteiger partial charge in [-0.2, -0.15) is 5.10 Å². The molecule has 1 aliphatic heterocycles. The van der Waals surface area contributed by atoms with Gasteiger partial charge in [0.1, 0.15) is 6.61 Å². The van der Waals surface area contributed by atoms with Gasteiger partial charge in [-0.1, -0.05) is 48.5 Å². The van der Waals surface area contributed by atoms with Crippen molar-refractivity contribution in [2.75, 3.05) is 6.61 Å². The fourth-order valence-electron chi connectivity index (χ4n) is 4.13. The third kappa shape index (κ3) is 2.47. The molecule has 2 aliphatic rings. The highest BCUT2D eigenvalue weighted by Gasteiger charge is 2.33. The zero-order chi connectivity index (χ0) is 19.3. The quantitative estimate of drug-likeness (QED) is 0.732. The van der Waals surface area contributed by atoms with Crippen molar-refractivity contribution < 1.29 is 19.4 Å². The lowest BCUT2D eigenvalue weighted by Gasteiger charge is -2.19. The second-order valence-corrected chi connectivity index (χ2v) is 6.99. The summed E-state index contributed by atoms with van der Waals surface area (Å²) < 4.78 is 5.63. The van der Waals surface area contributed by atoms with Crippen molar-refractivity contribution in [2.45, 2.75) is 19.0 Å². The van der Waals surface area contributed by atoms with Gasteiger partial charge in [0.05, 0.1) is 18.8 Å². The van der Waals surface area contributed by atoms with E-state index in [4.69, 9.17) is 4.74 Å². The highest BCUT2D eigenvalue weighted by Crippen LogP contribution is 2.44. The van der Waals surface area contributed by atoms with Crippen LogP contribution in [0.5, 0.6) is 0 Å². The smallest absolute Gasteiger partial charge is 0.410 e. The number of amides is 1. The van der Waals surface area contributed by atoms with Crippen molar-refractivity contribution >= 4 is 12.1 Å². The molecule has 0 spiro atoms. The molecule has 0 unspecified atom stereocenters. The molecule has 0 bridgehead atoms. The molecule has 2 heterocycles. The fraction of sp³-hybridized carbons (Fsp3) is 0.190. The van der Waals surface area contributed by atoms with E-state index in [9.17, 15) is 14.7 Å². The van der Waals surface area contributed by atoms with Crippen LogP contribution in [0, 0.1) is 0 Å². The van der Waals surface area contributed by atoms with Gasteiger partial charge in [0.15, 0.2) is 5.69 Å². The minimum atomic E-state index is -1.10. The molecule has 28 heavy (non-hydrogen) atoms. The minimum Gasteiger partial charge on any atom is -0.476 e. The van der Waals surface area contributed by atoms with Crippen LogP contribution in [0.4, 0.5) is 4.79 Å². The van der Waals surface area contributed by atoms with E-state index >= 15 is 0 Å². The fourth-order valence-corrected chi connectivity index (χ4v) is 4.13. The van der Waals surface area contributed by atoms with Crippen LogP contribution in [0.1, 0.15) is 38.8 Å². The summed E-state index contributed by atoms with van der Waals surface area (Å²) in [6.07, 6.45) is -0.456. The predicted octanol–water partition coefficient (Wildman–Crippen LogP) is 3.37. The van der Waals surface area contributed by atoms with Crippen LogP contribution < -0.4 is 0 Å². The highest BCUT2D eigenvalue weighted by atomic mass is 16.6. The molecule has 0 atom stereocenters. The van der Waals surface area contributed by atoms with Gasteiger partial charge < -0.3 is 9.84 Å². The summed E-state index contributed by atoms with van der Waals surface area (Å²) >= 11 is 0. The third-order valence-electron chi connectivity index (χ3n) is 5.45. The second-order valence-electron chi connectivity index (χ2n) is 6.99. The van der Waals surface area contributed by atoms with Crippen molar-refractivity contribution in [3.63, 3.8) is 0 Å². The maximum atomic E-state index is 12.6. The van der Waals surface area contributed by atoms with Gasteiger partial charge in [0, 0.05) is 11.5 Å². The molecule has 2 aromatic carbocycles. The summed E-state index contributed by atoms with van der Waals surface area (Å²) in [5, 5.41) is 15.7. The van der Waals surface area contributed by atoms with Crippen LogP contribution in [0.15, 0.2) is 48.5 Å². The Kier molecular flexibility index (Phi) is 3.68. The Morgan fingerprint density at radius 3 is 2.36 bits per heavy atom. The van der Waals surface area contributed by atoms with Gasteiger partial charge in [0.2, 0.25) is 0 Å². The van der Waals surface area contributed by atoms with E-state index in [0.717, 1.165) is 11.1 Å². The Balaban J connectivity index is 1.32. The summed E-state index contributed by atoms with van der Waals surface area (Å²) in [5.74, 6) is -1.11. The SMILES string of the molecule is O=C(O)c1n[nH]c2c1CN(C(=O)OCC1c3ccccc3-c3ccccc31)C2. The number of carboxylic acids is 1. The summed E-state index contributed by atoms with van der Waals surface area (Å²) in [4.78, 5) is 25.3. The van der Waals surface area contributed by atoms with Crippen LogP contribution >= 0.6 is 0 Å². The molecule has 2 N–H and O–H groups in total. The molecule has 140 valence electrons. The maximum Gasteiger partial charge on any atom is 0.410 e. The number of nitrogens with zero attached hydrogens (tertiary/aromatic N) is 2. The topological polar surface area (TPSA) is 95.5 Å². The molecule has 1 amide bonds. The molecule has 5 rings (SSSR count). The van der Waals surface area contributed by atoms with Gasteiger partial charge >= 0.3 is 12.1 Å². The number of fused-ring (bicyclic) bond motifs is 4. The van der Waals surface area contributed by atoms with Gasteiger partial charge in [-0.05, 0) is 22.3 Å². The normalized spacial score (nSPS) is 14.5. The number of hydrogen-bond acceptors (Lipinski definition) is 4. The zero-order valence-corrected chi connectivity index (χ0v) is 14.9. The first kappa shape index (κ1) is 16.6. The third-order valence-corrected chi connectivity index (χ3v) is 5.45. The number of carbonyl (C=O) groups is 2. The van der Waals surface area contributed by atoms with Crippen molar-refractivity contribution in [1.29, 1.82) is 0 Å². The Bertz CT molecular complexity index is 1060. The van der Waals surface area contributed by atoms with E-state index in [-0.39, 0.29) is 31.3 Å². The number of H-pyrrole nitrogens is 1. The molecule has 7 nitrogen and oxygen atoms in total. The van der Waals surface area contributed by atoms with Gasteiger partial charge in [-0.3, -0.25) is 10.00 Å². The van der Waals surface area contributed by atoms with Crippen LogP contribution in [0.3, 0.4) is 0 Å². The summed E-state index contributed by atoms with van der Waals surface area (Å²) in [7, 11) is 0. The molecule has 3 aromatic rings. The molecule has 0 saturated heterocycles. The number of aromatic nitrogens is 2.